The summed E-state index contributed by atoms with van der Waals surface area (Å²) in [5, 5.41) is 6.56. The fourth-order valence-electron chi connectivity index (χ4n) is 5.41. The maximum atomic E-state index is 14.0. The number of para-hydroxylation sites is 1. The van der Waals surface area contributed by atoms with Crippen LogP contribution in [-0.4, -0.2) is 96.8 Å². The Hall–Kier alpha value is -3.22. The third-order valence-corrected chi connectivity index (χ3v) is 7.56. The van der Waals surface area contributed by atoms with Crippen LogP contribution >= 0.6 is 0 Å². The molecule has 0 bridgehead atoms. The van der Waals surface area contributed by atoms with Crippen LogP contribution in [0.15, 0.2) is 48.7 Å². The lowest BCUT2D eigenvalue weighted by atomic mass is 9.91. The first kappa shape index (κ1) is 29.3. The molecule has 11 heteroatoms. The highest BCUT2D eigenvalue weighted by molar-refractivity contribution is 5.81. The van der Waals surface area contributed by atoms with E-state index in [0.29, 0.717) is 44.4 Å². The molecule has 0 amide bonds. The summed E-state index contributed by atoms with van der Waals surface area (Å²) in [6.45, 7) is 6.24. The summed E-state index contributed by atoms with van der Waals surface area (Å²) in [6, 6.07) is 12.8. The van der Waals surface area contributed by atoms with Crippen molar-refractivity contribution in [1.29, 1.82) is 0 Å². The number of nitrogens with zero attached hydrogens (tertiary/aromatic N) is 5. The molecular formula is C30H38FN5O5. The Bertz CT molecular complexity index is 1310. The van der Waals surface area contributed by atoms with Crippen molar-refractivity contribution < 1.29 is 28.2 Å². The Balaban J connectivity index is 1.34. The van der Waals surface area contributed by atoms with Crippen molar-refractivity contribution in [3.05, 3.63) is 71.4 Å². The number of likely N-dealkylation sites (N-methyl/N-ethyl adjacent to an activating group) is 1. The summed E-state index contributed by atoms with van der Waals surface area (Å²) in [4.78, 5) is 25.6. The molecule has 2 fully saturated rings. The normalized spacial score (nSPS) is 21.8. The largest absolute Gasteiger partial charge is 0.474 e. The molecule has 220 valence electrons. The van der Waals surface area contributed by atoms with Gasteiger partial charge in [-0.2, -0.15) is 9.45 Å². The molecule has 3 aromatic rings. The van der Waals surface area contributed by atoms with Gasteiger partial charge in [-0.05, 0) is 43.8 Å². The number of ketones is 1. The zero-order chi connectivity index (χ0) is 28.8. The molecule has 0 saturated carbocycles. The number of hydroxylamine groups is 2. The lowest BCUT2D eigenvalue weighted by Crippen LogP contribution is -2.42. The summed E-state index contributed by atoms with van der Waals surface area (Å²) in [5.74, 6) is -0.207. The minimum Gasteiger partial charge on any atom is -0.474 e. The molecule has 0 N–H and O–H groups in total. The van der Waals surface area contributed by atoms with Gasteiger partial charge in [-0.1, -0.05) is 18.2 Å². The van der Waals surface area contributed by atoms with Crippen LogP contribution in [0.5, 0.6) is 5.88 Å². The molecule has 0 spiro atoms. The van der Waals surface area contributed by atoms with Gasteiger partial charge in [0.15, 0.2) is 0 Å². The molecular weight excluding hydrogens is 529 g/mol. The average Bonchev–Trinajstić information content (AvgIpc) is 3.51. The van der Waals surface area contributed by atoms with E-state index in [1.54, 1.807) is 22.9 Å². The molecule has 4 heterocycles. The molecule has 1 unspecified atom stereocenters. The van der Waals surface area contributed by atoms with Crippen LogP contribution in [0.25, 0.3) is 5.69 Å². The van der Waals surface area contributed by atoms with E-state index in [0.717, 1.165) is 30.0 Å². The third-order valence-electron chi connectivity index (χ3n) is 7.56. The first-order valence-electron chi connectivity index (χ1n) is 14.0. The fraction of sp³-hybridized carbons (Fsp3) is 0.500. The summed E-state index contributed by atoms with van der Waals surface area (Å²) >= 11 is 0. The highest BCUT2D eigenvalue weighted by atomic mass is 19.1. The van der Waals surface area contributed by atoms with E-state index in [-0.39, 0.29) is 30.6 Å². The van der Waals surface area contributed by atoms with Crippen LogP contribution in [0.2, 0.25) is 0 Å². The summed E-state index contributed by atoms with van der Waals surface area (Å²) < 4.78 is 32.9. The zero-order valence-electron chi connectivity index (χ0n) is 23.9. The van der Waals surface area contributed by atoms with E-state index < -0.39 is 12.1 Å². The van der Waals surface area contributed by atoms with Gasteiger partial charge in [0.1, 0.15) is 24.6 Å². The highest BCUT2D eigenvalue weighted by Crippen LogP contribution is 2.37. The minimum absolute atomic E-state index is 0.0377. The first-order valence-corrected chi connectivity index (χ1v) is 14.0. The molecule has 1 aromatic carbocycles. The molecule has 41 heavy (non-hydrogen) atoms. The van der Waals surface area contributed by atoms with Gasteiger partial charge in [0, 0.05) is 63.8 Å². The van der Waals surface area contributed by atoms with Gasteiger partial charge in [0.25, 0.3) is 0 Å². The second kappa shape index (κ2) is 13.6. The van der Waals surface area contributed by atoms with Gasteiger partial charge in [-0.25, -0.2) is 9.67 Å². The van der Waals surface area contributed by atoms with E-state index in [2.05, 4.69) is 16.9 Å². The van der Waals surface area contributed by atoms with Crippen molar-refractivity contribution in [1.82, 2.24) is 24.7 Å². The van der Waals surface area contributed by atoms with Gasteiger partial charge in [0.05, 0.1) is 24.6 Å². The Morgan fingerprint density at radius 1 is 1.20 bits per heavy atom. The van der Waals surface area contributed by atoms with Crippen LogP contribution in [0.4, 0.5) is 4.39 Å². The third kappa shape index (κ3) is 7.35. The standard InChI is InChI=1S/C30H38FN5O5/c1-21-27(36(24-7-5-4-6-8-24)33-30(21)40-20-26-19-34(2)11-14-39-26)17-25(37)15-23-18-35(12-13-38-3)41-29(23)22-9-10-32-28(31)16-22/h4-10,16,23,26,29H,11-15,17-20H2,1-3H3/t23-,26?,29+/m1/s1. The zero-order valence-corrected chi connectivity index (χ0v) is 23.9. The number of hydrogen-bond acceptors (Lipinski definition) is 9. The number of morpholine rings is 1. The van der Waals surface area contributed by atoms with Crippen molar-refractivity contribution >= 4 is 5.78 Å². The predicted octanol–water partition coefficient (Wildman–Crippen LogP) is 3.18. The van der Waals surface area contributed by atoms with E-state index >= 15 is 0 Å². The van der Waals surface area contributed by atoms with E-state index in [1.807, 2.05) is 37.3 Å². The summed E-state index contributed by atoms with van der Waals surface area (Å²) in [7, 11) is 3.69. The number of methoxy groups -OCH3 is 1. The molecule has 10 nitrogen and oxygen atoms in total. The number of aromatic nitrogens is 3. The average molecular weight is 568 g/mol. The molecule has 5 rings (SSSR count). The summed E-state index contributed by atoms with van der Waals surface area (Å²) in [6.07, 6.45) is 1.35. The number of Topliss-reactive ketones (excluding diaryl/α,β-unsaturated/α-hetero) is 1. The Morgan fingerprint density at radius 3 is 2.78 bits per heavy atom. The number of carbonyl (C=O) groups is 1. The van der Waals surface area contributed by atoms with E-state index in [4.69, 9.17) is 24.1 Å². The van der Waals surface area contributed by atoms with Crippen LogP contribution in [0.1, 0.15) is 29.3 Å². The lowest BCUT2D eigenvalue weighted by Gasteiger charge is -2.29. The van der Waals surface area contributed by atoms with Crippen molar-refractivity contribution in [2.75, 3.05) is 60.2 Å². The SMILES string of the molecule is COCCN1C[C@@H](CC(=O)Cc2c(C)c(OCC3CN(C)CCO3)nn2-c2ccccc2)[C@H](c2ccnc(F)c2)O1. The number of carbonyl (C=O) groups excluding carboxylic acids is 1. The van der Waals surface area contributed by atoms with Gasteiger partial charge in [0.2, 0.25) is 11.8 Å². The fourth-order valence-corrected chi connectivity index (χ4v) is 5.41. The van der Waals surface area contributed by atoms with Crippen molar-refractivity contribution in [3.8, 4) is 11.6 Å². The van der Waals surface area contributed by atoms with Crippen molar-refractivity contribution in [2.24, 2.45) is 5.92 Å². The smallest absolute Gasteiger partial charge is 0.236 e. The number of pyridine rings is 1. The molecule has 2 aliphatic heterocycles. The van der Waals surface area contributed by atoms with Gasteiger partial charge in [-0.15, -0.1) is 5.10 Å². The minimum atomic E-state index is -0.577. The predicted molar refractivity (Wildman–Crippen MR) is 149 cm³/mol. The van der Waals surface area contributed by atoms with Crippen LogP contribution in [-0.2, 0) is 25.5 Å². The van der Waals surface area contributed by atoms with E-state index in [9.17, 15) is 9.18 Å². The maximum absolute atomic E-state index is 14.0. The van der Waals surface area contributed by atoms with Gasteiger partial charge >= 0.3 is 0 Å². The highest BCUT2D eigenvalue weighted by Gasteiger charge is 2.37. The van der Waals surface area contributed by atoms with Crippen LogP contribution < -0.4 is 4.74 Å². The first-order chi connectivity index (χ1) is 19.9. The molecule has 2 aliphatic rings. The molecule has 2 aromatic heterocycles. The second-order valence-corrected chi connectivity index (χ2v) is 10.7. The van der Waals surface area contributed by atoms with E-state index in [1.165, 1.54) is 12.3 Å². The molecule has 2 saturated heterocycles. The van der Waals surface area contributed by atoms with Crippen molar-refractivity contribution in [2.45, 2.75) is 32.0 Å². The van der Waals surface area contributed by atoms with Crippen LogP contribution in [0, 0.1) is 18.8 Å². The van der Waals surface area contributed by atoms with Gasteiger partial charge in [-0.3, -0.25) is 9.63 Å². The number of hydrogen-bond donors (Lipinski definition) is 0. The van der Waals surface area contributed by atoms with Gasteiger partial charge < -0.3 is 19.1 Å². The maximum Gasteiger partial charge on any atom is 0.236 e. The lowest BCUT2D eigenvalue weighted by molar-refractivity contribution is -0.155. The Morgan fingerprint density at radius 2 is 2.02 bits per heavy atom. The monoisotopic (exact) mass is 567 g/mol. The van der Waals surface area contributed by atoms with Crippen molar-refractivity contribution in [3.63, 3.8) is 0 Å². The number of benzene rings is 1. The quantitative estimate of drug-likeness (QED) is 0.306. The number of ether oxygens (including phenoxy) is 3. The molecule has 3 atom stereocenters. The molecule has 0 aliphatic carbocycles. The number of rotatable bonds is 12. The second-order valence-electron chi connectivity index (χ2n) is 10.7. The topological polar surface area (TPSA) is 91.2 Å². The Kier molecular flexibility index (Phi) is 9.73. The Labute approximate surface area is 239 Å². The summed E-state index contributed by atoms with van der Waals surface area (Å²) in [5.41, 5.74) is 3.11. The molecule has 0 radical (unpaired) electrons. The van der Waals surface area contributed by atoms with Crippen LogP contribution in [0.3, 0.4) is 0 Å². The number of halogens is 1.